The Morgan fingerprint density at radius 2 is 1.74 bits per heavy atom. The van der Waals surface area contributed by atoms with Gasteiger partial charge in [-0.2, -0.15) is 4.31 Å². The van der Waals surface area contributed by atoms with Crippen molar-refractivity contribution in [2.75, 3.05) is 36.5 Å². The van der Waals surface area contributed by atoms with Crippen molar-refractivity contribution in [3.05, 3.63) is 72.0 Å². The van der Waals surface area contributed by atoms with Gasteiger partial charge in [0.05, 0.1) is 11.3 Å². The molecule has 0 bridgehead atoms. The summed E-state index contributed by atoms with van der Waals surface area (Å²) in [6, 6.07) is 17.1. The van der Waals surface area contributed by atoms with E-state index >= 15 is 0 Å². The molecule has 7 nitrogen and oxygen atoms in total. The third-order valence-electron chi connectivity index (χ3n) is 7.85. The van der Waals surface area contributed by atoms with Crippen LogP contribution >= 0.6 is 0 Å². The first-order valence-electron chi connectivity index (χ1n) is 13.5. The number of hydrogen-bond acceptors (Lipinski definition) is 5. The van der Waals surface area contributed by atoms with Crippen LogP contribution in [-0.2, 0) is 10.0 Å². The second-order valence-corrected chi connectivity index (χ2v) is 12.3. The number of benzene rings is 3. The lowest BCUT2D eigenvalue weighted by Gasteiger charge is -2.30. The van der Waals surface area contributed by atoms with Gasteiger partial charge in [0.25, 0.3) is 0 Å². The number of nitrogens with zero attached hydrogens (tertiary/aromatic N) is 3. The molecule has 1 saturated heterocycles. The number of aromatic carboxylic acids is 1. The molecular weight excluding hydrogens is 517 g/mol. The van der Waals surface area contributed by atoms with Gasteiger partial charge in [-0.05, 0) is 61.2 Å². The normalized spacial score (nSPS) is 19.1. The average Bonchev–Trinajstić information content (AvgIpc) is 3.45. The van der Waals surface area contributed by atoms with Crippen LogP contribution in [0, 0.1) is 5.82 Å². The van der Waals surface area contributed by atoms with Crippen molar-refractivity contribution in [2.45, 2.75) is 50.0 Å². The summed E-state index contributed by atoms with van der Waals surface area (Å²) in [5.41, 5.74) is 2.92. The van der Waals surface area contributed by atoms with Gasteiger partial charge in [0, 0.05) is 49.7 Å². The third kappa shape index (κ3) is 5.13. The maximum absolute atomic E-state index is 14.3. The van der Waals surface area contributed by atoms with Gasteiger partial charge in [0.1, 0.15) is 10.7 Å². The summed E-state index contributed by atoms with van der Waals surface area (Å²) in [5, 5.41) is 9.57. The standard InChI is InChI=1S/C30H34FN3O4S/c1-3-4-10-23-20-34(22-11-6-5-7-12-22)28-19-27(33-15-8-9-16-33)24(18-29(28)39(37,38)32(23)2)21-13-14-26(31)25(17-21)30(35)36/h5-7,11-14,17-19,23H,3-4,8-10,15-16,20H2,1-2H3,(H,35,36)/t23-/m1/s1. The fourth-order valence-corrected chi connectivity index (χ4v) is 7.20. The van der Waals surface area contributed by atoms with Gasteiger partial charge in [-0.25, -0.2) is 17.6 Å². The summed E-state index contributed by atoms with van der Waals surface area (Å²) in [6.45, 7) is 4.20. The molecule has 39 heavy (non-hydrogen) atoms. The second kappa shape index (κ2) is 11.0. The van der Waals surface area contributed by atoms with Crippen molar-refractivity contribution in [1.29, 1.82) is 0 Å². The molecule has 5 rings (SSSR count). The number of para-hydroxylation sites is 1. The molecule has 2 aliphatic rings. The van der Waals surface area contributed by atoms with Gasteiger partial charge in [-0.1, -0.05) is 44.0 Å². The smallest absolute Gasteiger partial charge is 0.338 e. The summed E-state index contributed by atoms with van der Waals surface area (Å²) in [4.78, 5) is 16.2. The third-order valence-corrected chi connectivity index (χ3v) is 9.79. The quantitative estimate of drug-likeness (QED) is 0.381. The molecule has 1 N–H and O–H groups in total. The van der Waals surface area contributed by atoms with Crippen molar-refractivity contribution in [3.8, 4) is 11.1 Å². The van der Waals surface area contributed by atoms with Gasteiger partial charge in [-0.3, -0.25) is 0 Å². The SMILES string of the molecule is CCCC[C@@H]1CN(c2ccccc2)c2cc(N3CCCC3)c(-c3ccc(F)c(C(=O)O)c3)cc2S(=O)(=O)N1C. The van der Waals surface area contributed by atoms with Gasteiger partial charge in [0.15, 0.2) is 0 Å². The highest BCUT2D eigenvalue weighted by molar-refractivity contribution is 7.89. The minimum absolute atomic E-state index is 0.159. The van der Waals surface area contributed by atoms with E-state index in [9.17, 15) is 22.7 Å². The Balaban J connectivity index is 1.78. The zero-order valence-corrected chi connectivity index (χ0v) is 23.1. The number of unbranched alkanes of at least 4 members (excludes halogenated alkanes) is 1. The van der Waals surface area contributed by atoms with E-state index in [-0.39, 0.29) is 10.9 Å². The molecule has 0 spiro atoms. The Hall–Kier alpha value is -3.43. The monoisotopic (exact) mass is 551 g/mol. The number of carboxylic acids is 1. The number of halogens is 1. The Bertz CT molecular complexity index is 1470. The minimum atomic E-state index is -3.90. The molecule has 0 radical (unpaired) electrons. The number of hydrogen-bond donors (Lipinski definition) is 1. The molecule has 3 aromatic carbocycles. The van der Waals surface area contributed by atoms with E-state index in [0.29, 0.717) is 23.4 Å². The predicted molar refractivity (Wildman–Crippen MR) is 152 cm³/mol. The second-order valence-electron chi connectivity index (χ2n) is 10.3. The number of fused-ring (bicyclic) bond motifs is 1. The first kappa shape index (κ1) is 27.1. The van der Waals surface area contributed by atoms with Crippen molar-refractivity contribution < 1.29 is 22.7 Å². The molecule has 2 heterocycles. The van der Waals surface area contributed by atoms with E-state index in [2.05, 4.69) is 16.7 Å². The van der Waals surface area contributed by atoms with Crippen molar-refractivity contribution in [2.24, 2.45) is 0 Å². The van der Waals surface area contributed by atoms with E-state index in [0.717, 1.165) is 62.6 Å². The Morgan fingerprint density at radius 1 is 1.03 bits per heavy atom. The first-order chi connectivity index (χ1) is 18.7. The van der Waals surface area contributed by atoms with Crippen LogP contribution in [0.3, 0.4) is 0 Å². The Kier molecular flexibility index (Phi) is 7.64. The molecule has 1 atom stereocenters. The maximum atomic E-state index is 14.3. The molecule has 9 heteroatoms. The lowest BCUT2D eigenvalue weighted by molar-refractivity contribution is 0.0692. The van der Waals surface area contributed by atoms with Gasteiger partial charge in [-0.15, -0.1) is 0 Å². The van der Waals surface area contributed by atoms with Crippen LogP contribution < -0.4 is 9.80 Å². The summed E-state index contributed by atoms with van der Waals surface area (Å²) in [7, 11) is -2.26. The van der Waals surface area contributed by atoms with Crippen LogP contribution in [0.5, 0.6) is 0 Å². The van der Waals surface area contributed by atoms with E-state index in [1.807, 2.05) is 36.4 Å². The minimum Gasteiger partial charge on any atom is -0.478 e. The fourth-order valence-electron chi connectivity index (χ4n) is 5.62. The zero-order valence-electron chi connectivity index (χ0n) is 22.3. The Labute approximate surface area is 229 Å². The van der Waals surface area contributed by atoms with Crippen molar-refractivity contribution in [1.82, 2.24) is 4.31 Å². The van der Waals surface area contributed by atoms with Crippen LogP contribution in [0.2, 0.25) is 0 Å². The van der Waals surface area contributed by atoms with Crippen LogP contribution in [0.25, 0.3) is 11.1 Å². The predicted octanol–water partition coefficient (Wildman–Crippen LogP) is 6.12. The van der Waals surface area contributed by atoms with Crippen molar-refractivity contribution >= 4 is 33.1 Å². The lowest BCUT2D eigenvalue weighted by Crippen LogP contribution is -2.40. The number of likely N-dealkylation sites (N-methyl/N-ethyl adjacent to an activating group) is 1. The molecule has 0 amide bonds. The number of sulfonamides is 1. The molecular formula is C30H34FN3O4S. The Morgan fingerprint density at radius 3 is 2.41 bits per heavy atom. The summed E-state index contributed by atoms with van der Waals surface area (Å²) in [5.74, 6) is -2.20. The molecule has 2 aliphatic heterocycles. The first-order valence-corrected chi connectivity index (χ1v) is 14.9. The van der Waals surface area contributed by atoms with Gasteiger partial charge < -0.3 is 14.9 Å². The molecule has 0 unspecified atom stereocenters. The van der Waals surface area contributed by atoms with Crippen LogP contribution in [0.4, 0.5) is 21.5 Å². The summed E-state index contributed by atoms with van der Waals surface area (Å²) in [6.07, 6.45) is 4.60. The fraction of sp³-hybridized carbons (Fsp3) is 0.367. The van der Waals surface area contributed by atoms with Crippen LogP contribution in [0.15, 0.2) is 65.6 Å². The highest BCUT2D eigenvalue weighted by Crippen LogP contribution is 2.45. The van der Waals surface area contributed by atoms with E-state index in [1.165, 1.54) is 16.4 Å². The number of anilines is 3. The molecule has 0 aromatic heterocycles. The maximum Gasteiger partial charge on any atom is 0.338 e. The molecule has 3 aromatic rings. The van der Waals surface area contributed by atoms with Crippen molar-refractivity contribution in [3.63, 3.8) is 0 Å². The molecule has 0 aliphatic carbocycles. The van der Waals surface area contributed by atoms with Crippen LogP contribution in [0.1, 0.15) is 49.4 Å². The van der Waals surface area contributed by atoms with Gasteiger partial charge >= 0.3 is 5.97 Å². The summed E-state index contributed by atoms with van der Waals surface area (Å²) >= 11 is 0. The largest absolute Gasteiger partial charge is 0.478 e. The zero-order chi connectivity index (χ0) is 27.7. The number of rotatable bonds is 7. The lowest BCUT2D eigenvalue weighted by atomic mass is 9.99. The number of carbonyl (C=O) groups is 1. The highest BCUT2D eigenvalue weighted by atomic mass is 32.2. The molecule has 1 fully saturated rings. The van der Waals surface area contributed by atoms with E-state index < -0.39 is 27.4 Å². The summed E-state index contributed by atoms with van der Waals surface area (Å²) < 4.78 is 44.1. The number of carboxylic acid groups (broad SMARTS) is 1. The molecule has 206 valence electrons. The highest BCUT2D eigenvalue weighted by Gasteiger charge is 2.38. The topological polar surface area (TPSA) is 81.2 Å². The van der Waals surface area contributed by atoms with Crippen LogP contribution in [-0.4, -0.2) is 56.5 Å². The van der Waals surface area contributed by atoms with E-state index in [4.69, 9.17) is 0 Å². The van der Waals surface area contributed by atoms with E-state index in [1.54, 1.807) is 13.1 Å². The molecule has 0 saturated carbocycles. The average molecular weight is 552 g/mol. The van der Waals surface area contributed by atoms with Gasteiger partial charge in [0.2, 0.25) is 10.0 Å².